The van der Waals surface area contributed by atoms with Crippen LogP contribution in [-0.4, -0.2) is 12.8 Å². The van der Waals surface area contributed by atoms with Crippen molar-refractivity contribution in [2.24, 2.45) is 0 Å². The van der Waals surface area contributed by atoms with Crippen molar-refractivity contribution >= 4 is 17.2 Å². The van der Waals surface area contributed by atoms with Gasteiger partial charge in [0, 0.05) is 29.5 Å². The van der Waals surface area contributed by atoms with E-state index in [0.29, 0.717) is 0 Å². The van der Waals surface area contributed by atoms with Gasteiger partial charge in [-0.1, -0.05) is 0 Å². The summed E-state index contributed by atoms with van der Waals surface area (Å²) in [5, 5.41) is 0. The van der Waals surface area contributed by atoms with E-state index in [0.717, 1.165) is 22.3 Å². The number of nitrogens with zero attached hydrogens (tertiary/aromatic N) is 1. The van der Waals surface area contributed by atoms with Gasteiger partial charge in [-0.2, -0.15) is 0 Å². The van der Waals surface area contributed by atoms with E-state index >= 15 is 4.79 Å². The molecule has 2 aliphatic rings. The number of aryl methyl sites for hydroxylation is 2. The maximum absolute atomic E-state index is 15.0. The molecular formula is C51H59NO. The van der Waals surface area contributed by atoms with Crippen LogP contribution in [0, 0.1) is 125 Å². The third-order valence-corrected chi connectivity index (χ3v) is 15.2. The van der Waals surface area contributed by atoms with E-state index in [9.17, 15) is 0 Å². The summed E-state index contributed by atoms with van der Waals surface area (Å²) in [6, 6.07) is 4.38. The molecule has 1 spiro atoms. The second-order valence-corrected chi connectivity index (χ2v) is 17.1. The first-order valence-electron chi connectivity index (χ1n) is 19.5. The van der Waals surface area contributed by atoms with E-state index in [2.05, 4.69) is 149 Å². The summed E-state index contributed by atoms with van der Waals surface area (Å²) in [7, 11) is 2.30. The van der Waals surface area contributed by atoms with Crippen LogP contribution in [0.5, 0.6) is 0 Å². The highest BCUT2D eigenvalue weighted by molar-refractivity contribution is 6.13. The summed E-state index contributed by atoms with van der Waals surface area (Å²) in [4.78, 5) is 17.5. The first-order valence-corrected chi connectivity index (χ1v) is 19.5. The zero-order valence-electron chi connectivity index (χ0n) is 36.0. The Bertz CT molecular complexity index is 2480. The van der Waals surface area contributed by atoms with Crippen LogP contribution in [0.25, 0.3) is 11.1 Å². The van der Waals surface area contributed by atoms with E-state index in [1.54, 1.807) is 0 Å². The van der Waals surface area contributed by atoms with Crippen LogP contribution in [0.2, 0.25) is 0 Å². The molecule has 1 aliphatic heterocycles. The van der Waals surface area contributed by atoms with Gasteiger partial charge in [0.25, 0.3) is 0 Å². The summed E-state index contributed by atoms with van der Waals surface area (Å²) >= 11 is 0. The molecule has 0 N–H and O–H groups in total. The van der Waals surface area contributed by atoms with Crippen LogP contribution in [0.4, 0.5) is 11.4 Å². The lowest BCUT2D eigenvalue weighted by Crippen LogP contribution is -2.41. The van der Waals surface area contributed by atoms with Crippen LogP contribution >= 0.6 is 0 Å². The van der Waals surface area contributed by atoms with Gasteiger partial charge in [0.1, 0.15) is 0 Å². The molecule has 0 amide bonds. The molecule has 0 saturated carbocycles. The fourth-order valence-electron chi connectivity index (χ4n) is 10.8. The number of carbonyl (C=O) groups is 1. The van der Waals surface area contributed by atoms with Crippen LogP contribution < -0.4 is 4.90 Å². The van der Waals surface area contributed by atoms with Gasteiger partial charge in [0.05, 0.1) is 5.41 Å². The molecule has 5 aromatic carbocycles. The molecule has 0 radical (unpaired) electrons. The minimum absolute atomic E-state index is 0.124. The Morgan fingerprint density at radius 1 is 0.377 bits per heavy atom. The number of rotatable bonds is 2. The second kappa shape index (κ2) is 11.8. The Balaban J connectivity index is 1.80. The van der Waals surface area contributed by atoms with Crippen LogP contribution in [0.15, 0.2) is 12.1 Å². The van der Waals surface area contributed by atoms with Gasteiger partial charge in [-0.15, -0.1) is 0 Å². The third kappa shape index (κ3) is 4.30. The number of ketones is 1. The normalized spacial score (nSPS) is 13.8. The highest BCUT2D eigenvalue weighted by Crippen LogP contribution is 2.68. The van der Waals surface area contributed by atoms with Gasteiger partial charge in [0.15, 0.2) is 5.78 Å². The smallest absolute Gasteiger partial charge is 0.193 e. The molecule has 7 rings (SSSR count). The molecule has 0 atom stereocenters. The molecule has 0 saturated heterocycles. The van der Waals surface area contributed by atoms with Gasteiger partial charge in [-0.3, -0.25) is 4.79 Å². The van der Waals surface area contributed by atoms with Gasteiger partial charge in [-0.05, 0) is 270 Å². The van der Waals surface area contributed by atoms with Crippen molar-refractivity contribution in [3.63, 3.8) is 0 Å². The zero-order valence-corrected chi connectivity index (χ0v) is 36.0. The van der Waals surface area contributed by atoms with E-state index in [1.165, 1.54) is 134 Å². The molecule has 1 aliphatic carbocycles. The highest BCUT2D eigenvalue weighted by Gasteiger charge is 2.56. The topological polar surface area (TPSA) is 20.3 Å². The van der Waals surface area contributed by atoms with Gasteiger partial charge in [-0.25, -0.2) is 0 Å². The lowest BCUT2D eigenvalue weighted by atomic mass is 9.58. The Hall–Kier alpha value is -4.43. The van der Waals surface area contributed by atoms with Crippen molar-refractivity contribution in [1.29, 1.82) is 0 Å². The average molecular weight is 702 g/mol. The third-order valence-electron chi connectivity index (χ3n) is 15.2. The molecule has 0 fully saturated rings. The lowest BCUT2D eigenvalue weighted by molar-refractivity contribution is 0.103. The first kappa shape index (κ1) is 36.9. The van der Waals surface area contributed by atoms with Crippen molar-refractivity contribution in [2.75, 3.05) is 11.9 Å². The molecule has 0 bridgehead atoms. The SMILES string of the molecule is Cc1cc(C(=O)c2cc(C)c3c(c2C)-c2c(C)c(C)c(C)c(C)c2C32c3c(C)c(C)c(C)c(C)c3N(C)c3c(C)c(C)c(C)c(C)c32)c(C)c(C)c1C. The zero-order chi connectivity index (χ0) is 39.2. The monoisotopic (exact) mass is 701 g/mol. The van der Waals surface area contributed by atoms with E-state index in [-0.39, 0.29) is 5.78 Å². The molecule has 0 aromatic heterocycles. The minimum Gasteiger partial charge on any atom is -0.344 e. The maximum Gasteiger partial charge on any atom is 0.193 e. The van der Waals surface area contributed by atoms with Crippen molar-refractivity contribution in [3.05, 3.63) is 146 Å². The molecule has 53 heavy (non-hydrogen) atoms. The molecule has 0 unspecified atom stereocenters. The number of benzene rings is 5. The Morgan fingerprint density at radius 3 is 1.23 bits per heavy atom. The van der Waals surface area contributed by atoms with Crippen LogP contribution in [-0.2, 0) is 5.41 Å². The first-order chi connectivity index (χ1) is 24.7. The van der Waals surface area contributed by atoms with Gasteiger partial charge >= 0.3 is 0 Å². The Morgan fingerprint density at radius 2 is 0.736 bits per heavy atom. The summed E-state index contributed by atoms with van der Waals surface area (Å²) in [5.74, 6) is 0.124. The predicted octanol–water partition coefficient (Wildman–Crippen LogP) is 12.9. The quantitative estimate of drug-likeness (QED) is 0.168. The van der Waals surface area contributed by atoms with E-state index < -0.39 is 5.41 Å². The number of hydrogen-bond acceptors (Lipinski definition) is 2. The lowest BCUT2D eigenvalue weighted by Gasteiger charge is -2.49. The summed E-state index contributed by atoms with van der Waals surface area (Å²) in [5.41, 5.74) is 35.2. The molecular weight excluding hydrogens is 643 g/mol. The average Bonchev–Trinajstić information content (AvgIpc) is 3.44. The molecule has 5 aromatic rings. The van der Waals surface area contributed by atoms with Crippen LogP contribution in [0.1, 0.15) is 138 Å². The largest absolute Gasteiger partial charge is 0.344 e. The van der Waals surface area contributed by atoms with Crippen molar-refractivity contribution < 1.29 is 4.79 Å². The van der Waals surface area contributed by atoms with Gasteiger partial charge < -0.3 is 4.90 Å². The molecule has 2 heteroatoms. The summed E-state index contributed by atoms with van der Waals surface area (Å²) in [6.07, 6.45) is 0. The molecule has 2 nitrogen and oxygen atoms in total. The van der Waals surface area contributed by atoms with E-state index in [4.69, 9.17) is 0 Å². The number of carbonyl (C=O) groups excluding carboxylic acids is 1. The summed E-state index contributed by atoms with van der Waals surface area (Å²) in [6.45, 7) is 41.1. The Labute approximate surface area is 319 Å². The standard InChI is InChI=1S/C51H59NO/c1-22-20-40(32(11)25(4)24(22)3)50(53)41-21-23(2)44-43(39(41)18)42-33(12)26(5)27(6)34(13)45(42)51(44)46-35(14)28(7)30(9)37(16)48(46)52(19)49-38(17)31(10)29(8)36(15)47(49)51/h20-21H,1-19H3. The van der Waals surface area contributed by atoms with Crippen LogP contribution in [0.3, 0.4) is 0 Å². The second-order valence-electron chi connectivity index (χ2n) is 17.1. The fourth-order valence-corrected chi connectivity index (χ4v) is 10.8. The fraction of sp³-hybridized carbons (Fsp3) is 0.392. The minimum atomic E-state index is -0.570. The van der Waals surface area contributed by atoms with Crippen molar-refractivity contribution in [3.8, 4) is 11.1 Å². The van der Waals surface area contributed by atoms with Crippen molar-refractivity contribution in [2.45, 2.75) is 130 Å². The number of hydrogen-bond donors (Lipinski definition) is 0. The van der Waals surface area contributed by atoms with Gasteiger partial charge in [0.2, 0.25) is 0 Å². The highest BCUT2D eigenvalue weighted by atomic mass is 16.1. The molecule has 274 valence electrons. The maximum atomic E-state index is 15.0. The molecule has 1 heterocycles. The number of anilines is 2. The number of fused-ring (bicyclic) bond motifs is 9. The Kier molecular flexibility index (Phi) is 8.21. The predicted molar refractivity (Wildman–Crippen MR) is 227 cm³/mol. The van der Waals surface area contributed by atoms with Crippen molar-refractivity contribution in [1.82, 2.24) is 0 Å². The summed E-state index contributed by atoms with van der Waals surface area (Å²) < 4.78 is 0. The van der Waals surface area contributed by atoms with E-state index in [1.807, 2.05) is 0 Å².